The monoisotopic (exact) mass is 225 g/mol. The summed E-state index contributed by atoms with van der Waals surface area (Å²) in [7, 11) is 0. The Kier molecular flexibility index (Phi) is 3.33. The Labute approximate surface area is 94.0 Å². The van der Waals surface area contributed by atoms with E-state index in [1.807, 2.05) is 0 Å². The molecule has 88 valence electrons. The third-order valence-electron chi connectivity index (χ3n) is 3.09. The minimum atomic E-state index is -0.467. The first-order valence-corrected chi connectivity index (χ1v) is 5.56. The molecule has 2 atom stereocenters. The fourth-order valence-electron chi connectivity index (χ4n) is 2.09. The SMILES string of the molecule is Cc1ncnc(OC2CCCC2CN)c1F. The summed E-state index contributed by atoms with van der Waals surface area (Å²) in [6.07, 6.45) is 4.36. The van der Waals surface area contributed by atoms with Crippen LogP contribution in [0.15, 0.2) is 6.33 Å². The zero-order chi connectivity index (χ0) is 11.5. The van der Waals surface area contributed by atoms with Gasteiger partial charge in [0, 0.05) is 5.92 Å². The van der Waals surface area contributed by atoms with Crippen molar-refractivity contribution in [1.82, 2.24) is 9.97 Å². The number of halogens is 1. The topological polar surface area (TPSA) is 61.0 Å². The molecule has 1 aliphatic rings. The van der Waals surface area contributed by atoms with Crippen LogP contribution in [0.5, 0.6) is 5.88 Å². The highest BCUT2D eigenvalue weighted by Crippen LogP contribution is 2.29. The summed E-state index contributed by atoms with van der Waals surface area (Å²) in [6, 6.07) is 0. The maximum atomic E-state index is 13.6. The molecular weight excluding hydrogens is 209 g/mol. The molecule has 2 N–H and O–H groups in total. The minimum Gasteiger partial charge on any atom is -0.472 e. The third-order valence-corrected chi connectivity index (χ3v) is 3.09. The van der Waals surface area contributed by atoms with Gasteiger partial charge in [-0.25, -0.2) is 4.98 Å². The molecule has 0 saturated heterocycles. The van der Waals surface area contributed by atoms with Crippen LogP contribution in [-0.2, 0) is 0 Å². The number of hydrogen-bond acceptors (Lipinski definition) is 4. The van der Waals surface area contributed by atoms with Crippen LogP contribution < -0.4 is 10.5 Å². The summed E-state index contributed by atoms with van der Waals surface area (Å²) >= 11 is 0. The van der Waals surface area contributed by atoms with Gasteiger partial charge in [-0.05, 0) is 32.7 Å². The van der Waals surface area contributed by atoms with E-state index in [1.54, 1.807) is 6.92 Å². The first kappa shape index (κ1) is 11.3. The van der Waals surface area contributed by atoms with E-state index in [1.165, 1.54) is 6.33 Å². The van der Waals surface area contributed by atoms with Crippen LogP contribution in [0, 0.1) is 18.7 Å². The van der Waals surface area contributed by atoms with Gasteiger partial charge in [-0.3, -0.25) is 0 Å². The fourth-order valence-corrected chi connectivity index (χ4v) is 2.09. The van der Waals surface area contributed by atoms with Gasteiger partial charge >= 0.3 is 0 Å². The van der Waals surface area contributed by atoms with Gasteiger partial charge in [0.2, 0.25) is 5.82 Å². The summed E-state index contributed by atoms with van der Waals surface area (Å²) in [5, 5.41) is 0. The third kappa shape index (κ3) is 2.14. The Balaban J connectivity index is 2.11. The van der Waals surface area contributed by atoms with E-state index in [4.69, 9.17) is 10.5 Å². The average molecular weight is 225 g/mol. The predicted octanol–water partition coefficient (Wildman–Crippen LogP) is 1.43. The summed E-state index contributed by atoms with van der Waals surface area (Å²) in [5.41, 5.74) is 5.95. The minimum absolute atomic E-state index is 0.00574. The zero-order valence-corrected chi connectivity index (χ0v) is 9.32. The molecule has 0 bridgehead atoms. The van der Waals surface area contributed by atoms with Gasteiger partial charge in [0.25, 0.3) is 5.88 Å². The highest BCUT2D eigenvalue weighted by Gasteiger charge is 2.29. The number of aromatic nitrogens is 2. The normalized spacial score (nSPS) is 24.7. The maximum Gasteiger partial charge on any atom is 0.254 e. The molecule has 1 aromatic rings. The molecular formula is C11H16FN3O. The van der Waals surface area contributed by atoms with Crippen molar-refractivity contribution in [3.8, 4) is 5.88 Å². The molecule has 1 fully saturated rings. The lowest BCUT2D eigenvalue weighted by molar-refractivity contribution is 0.147. The lowest BCUT2D eigenvalue weighted by Crippen LogP contribution is -2.28. The smallest absolute Gasteiger partial charge is 0.254 e. The van der Waals surface area contributed by atoms with Gasteiger partial charge in [0.05, 0.1) is 5.69 Å². The van der Waals surface area contributed by atoms with Gasteiger partial charge in [-0.1, -0.05) is 0 Å². The lowest BCUT2D eigenvalue weighted by atomic mass is 10.1. The number of aryl methyl sites for hydroxylation is 1. The summed E-state index contributed by atoms with van der Waals surface area (Å²) in [6.45, 7) is 2.18. The molecule has 1 aliphatic carbocycles. The molecule has 0 aliphatic heterocycles. The van der Waals surface area contributed by atoms with Gasteiger partial charge in [-0.15, -0.1) is 0 Å². The fraction of sp³-hybridized carbons (Fsp3) is 0.636. The van der Waals surface area contributed by atoms with E-state index in [0.29, 0.717) is 18.2 Å². The molecule has 16 heavy (non-hydrogen) atoms. The van der Waals surface area contributed by atoms with Crippen molar-refractivity contribution in [2.45, 2.75) is 32.3 Å². The van der Waals surface area contributed by atoms with E-state index < -0.39 is 5.82 Å². The van der Waals surface area contributed by atoms with E-state index in [2.05, 4.69) is 9.97 Å². The Hall–Kier alpha value is -1.23. The zero-order valence-electron chi connectivity index (χ0n) is 9.32. The van der Waals surface area contributed by atoms with Gasteiger partial charge < -0.3 is 10.5 Å². The molecule has 2 rings (SSSR count). The number of rotatable bonds is 3. The number of hydrogen-bond donors (Lipinski definition) is 1. The van der Waals surface area contributed by atoms with Crippen LogP contribution in [0.3, 0.4) is 0 Å². The first-order chi connectivity index (χ1) is 7.72. The van der Waals surface area contributed by atoms with E-state index in [0.717, 1.165) is 19.3 Å². The van der Waals surface area contributed by atoms with Gasteiger partial charge in [-0.2, -0.15) is 9.37 Å². The van der Waals surface area contributed by atoms with Crippen molar-refractivity contribution >= 4 is 0 Å². The Morgan fingerprint density at radius 2 is 2.31 bits per heavy atom. The molecule has 0 amide bonds. The summed E-state index contributed by atoms with van der Waals surface area (Å²) < 4.78 is 19.2. The number of nitrogens with two attached hydrogens (primary N) is 1. The van der Waals surface area contributed by atoms with Crippen LogP contribution in [0.4, 0.5) is 4.39 Å². The van der Waals surface area contributed by atoms with Crippen molar-refractivity contribution in [2.24, 2.45) is 11.7 Å². The Morgan fingerprint density at radius 3 is 3.06 bits per heavy atom. The van der Waals surface area contributed by atoms with Crippen LogP contribution in [-0.4, -0.2) is 22.6 Å². The lowest BCUT2D eigenvalue weighted by Gasteiger charge is -2.19. The molecule has 5 heteroatoms. The summed E-state index contributed by atoms with van der Waals surface area (Å²) in [5.74, 6) is -0.0994. The second kappa shape index (κ2) is 4.74. The van der Waals surface area contributed by atoms with Gasteiger partial charge in [0.1, 0.15) is 12.4 Å². The standard InChI is InChI=1S/C11H16FN3O/c1-7-10(12)11(15-6-14-7)16-9-4-2-3-8(9)5-13/h6,8-9H,2-5,13H2,1H3. The molecule has 1 aromatic heterocycles. The van der Waals surface area contributed by atoms with Crippen LogP contribution in [0.25, 0.3) is 0 Å². The molecule has 1 heterocycles. The van der Waals surface area contributed by atoms with Crippen molar-refractivity contribution in [3.05, 3.63) is 17.8 Å². The highest BCUT2D eigenvalue weighted by molar-refractivity contribution is 5.16. The van der Waals surface area contributed by atoms with Crippen molar-refractivity contribution in [1.29, 1.82) is 0 Å². The number of ether oxygens (including phenoxy) is 1. The molecule has 0 spiro atoms. The van der Waals surface area contributed by atoms with Gasteiger partial charge in [0.15, 0.2) is 0 Å². The van der Waals surface area contributed by atoms with E-state index in [-0.39, 0.29) is 12.0 Å². The van der Waals surface area contributed by atoms with Crippen LogP contribution in [0.1, 0.15) is 25.0 Å². The molecule has 1 saturated carbocycles. The van der Waals surface area contributed by atoms with E-state index >= 15 is 0 Å². The molecule has 0 aromatic carbocycles. The second-order valence-electron chi connectivity index (χ2n) is 4.16. The Bertz CT molecular complexity index is 372. The van der Waals surface area contributed by atoms with Crippen molar-refractivity contribution < 1.29 is 9.13 Å². The summed E-state index contributed by atoms with van der Waals surface area (Å²) in [4.78, 5) is 7.58. The molecule has 0 radical (unpaired) electrons. The largest absolute Gasteiger partial charge is 0.472 e. The van der Waals surface area contributed by atoms with Crippen molar-refractivity contribution in [3.63, 3.8) is 0 Å². The highest BCUT2D eigenvalue weighted by atomic mass is 19.1. The predicted molar refractivity (Wildman–Crippen MR) is 57.5 cm³/mol. The first-order valence-electron chi connectivity index (χ1n) is 5.56. The average Bonchev–Trinajstić information content (AvgIpc) is 2.72. The number of nitrogens with zero attached hydrogens (tertiary/aromatic N) is 2. The van der Waals surface area contributed by atoms with E-state index in [9.17, 15) is 4.39 Å². The van der Waals surface area contributed by atoms with Crippen molar-refractivity contribution in [2.75, 3.05) is 6.54 Å². The molecule has 2 unspecified atom stereocenters. The van der Waals surface area contributed by atoms with Crippen LogP contribution >= 0.6 is 0 Å². The maximum absolute atomic E-state index is 13.6. The molecule has 4 nitrogen and oxygen atoms in total. The Morgan fingerprint density at radius 1 is 1.50 bits per heavy atom. The van der Waals surface area contributed by atoms with Crippen LogP contribution in [0.2, 0.25) is 0 Å². The second-order valence-corrected chi connectivity index (χ2v) is 4.16. The quantitative estimate of drug-likeness (QED) is 0.845.